The van der Waals surface area contributed by atoms with Crippen molar-refractivity contribution in [2.24, 2.45) is 0 Å². The molecule has 0 bridgehead atoms. The average Bonchev–Trinajstić information content (AvgIpc) is 2.84. The van der Waals surface area contributed by atoms with Gasteiger partial charge in [-0.1, -0.05) is 30.3 Å². The monoisotopic (exact) mass is 442 g/mol. The van der Waals surface area contributed by atoms with Crippen molar-refractivity contribution < 1.29 is 14.0 Å². The summed E-state index contributed by atoms with van der Waals surface area (Å²) in [7, 11) is 1.46. The first-order valence-electron chi connectivity index (χ1n) is 10.6. The van der Waals surface area contributed by atoms with E-state index in [1.807, 2.05) is 55.5 Å². The standard InChI is InChI=1S/C26H23FN4O2/c1-3-29-26(33)21-15-30-23-12-10-16(17-9-11-19(22(27)14-17)25(32)28-2)13-20(23)24(21)31-18-7-5-4-6-8-18/h4-15H,3H2,1-2H3,(H,28,32)(H,29,33)(H,30,31). The summed E-state index contributed by atoms with van der Waals surface area (Å²) < 4.78 is 14.6. The molecule has 1 aromatic heterocycles. The van der Waals surface area contributed by atoms with Gasteiger partial charge in [-0.25, -0.2) is 4.39 Å². The van der Waals surface area contributed by atoms with E-state index in [9.17, 15) is 14.0 Å². The van der Waals surface area contributed by atoms with E-state index in [1.54, 1.807) is 12.3 Å². The number of carbonyl (C=O) groups is 2. The number of pyridine rings is 1. The summed E-state index contributed by atoms with van der Waals surface area (Å²) in [5.74, 6) is -1.33. The summed E-state index contributed by atoms with van der Waals surface area (Å²) in [6.45, 7) is 2.34. The van der Waals surface area contributed by atoms with Crippen molar-refractivity contribution in [2.45, 2.75) is 6.92 Å². The first-order chi connectivity index (χ1) is 16.0. The van der Waals surface area contributed by atoms with Crippen LogP contribution in [0.1, 0.15) is 27.6 Å². The largest absolute Gasteiger partial charge is 0.355 e. The van der Waals surface area contributed by atoms with Gasteiger partial charge in [-0.3, -0.25) is 14.6 Å². The van der Waals surface area contributed by atoms with Crippen LogP contribution in [0.3, 0.4) is 0 Å². The van der Waals surface area contributed by atoms with Crippen LogP contribution in [0.4, 0.5) is 15.8 Å². The molecule has 0 aliphatic heterocycles. The molecule has 3 N–H and O–H groups in total. The van der Waals surface area contributed by atoms with Gasteiger partial charge in [0.2, 0.25) is 0 Å². The summed E-state index contributed by atoms with van der Waals surface area (Å²) in [5.41, 5.74) is 3.85. The van der Waals surface area contributed by atoms with E-state index in [0.29, 0.717) is 28.9 Å². The van der Waals surface area contributed by atoms with Crippen molar-refractivity contribution in [3.63, 3.8) is 0 Å². The zero-order chi connectivity index (χ0) is 23.4. The van der Waals surface area contributed by atoms with Gasteiger partial charge in [-0.15, -0.1) is 0 Å². The molecular weight excluding hydrogens is 419 g/mol. The molecule has 7 heteroatoms. The van der Waals surface area contributed by atoms with Crippen molar-refractivity contribution >= 4 is 34.1 Å². The van der Waals surface area contributed by atoms with E-state index in [4.69, 9.17) is 0 Å². The Bertz CT molecular complexity index is 1340. The number of hydrogen-bond acceptors (Lipinski definition) is 4. The fourth-order valence-electron chi connectivity index (χ4n) is 3.61. The Morgan fingerprint density at radius 1 is 0.909 bits per heavy atom. The van der Waals surface area contributed by atoms with Crippen LogP contribution in [0.2, 0.25) is 0 Å². The third-order valence-corrected chi connectivity index (χ3v) is 5.27. The molecule has 2 amide bonds. The number of hydrogen-bond donors (Lipinski definition) is 3. The molecule has 3 aromatic carbocycles. The summed E-state index contributed by atoms with van der Waals surface area (Å²) in [5, 5.41) is 9.32. The molecule has 4 rings (SSSR count). The molecule has 0 radical (unpaired) electrons. The highest BCUT2D eigenvalue weighted by Gasteiger charge is 2.17. The van der Waals surface area contributed by atoms with Gasteiger partial charge < -0.3 is 16.0 Å². The van der Waals surface area contributed by atoms with Crippen LogP contribution in [-0.2, 0) is 0 Å². The Morgan fingerprint density at radius 3 is 2.33 bits per heavy atom. The van der Waals surface area contributed by atoms with E-state index < -0.39 is 11.7 Å². The van der Waals surface area contributed by atoms with Gasteiger partial charge in [0.05, 0.1) is 22.3 Å². The molecule has 0 saturated carbocycles. The number of nitrogens with one attached hydrogen (secondary N) is 3. The molecule has 0 aliphatic carbocycles. The SMILES string of the molecule is CCNC(=O)c1cnc2ccc(-c3ccc(C(=O)NC)c(F)c3)cc2c1Nc1ccccc1. The van der Waals surface area contributed by atoms with Crippen LogP contribution in [-0.4, -0.2) is 30.4 Å². The highest BCUT2D eigenvalue weighted by atomic mass is 19.1. The number of rotatable bonds is 6. The number of anilines is 2. The molecule has 0 spiro atoms. The topological polar surface area (TPSA) is 83.1 Å². The maximum absolute atomic E-state index is 14.6. The Balaban J connectivity index is 1.86. The van der Waals surface area contributed by atoms with Crippen molar-refractivity contribution in [2.75, 3.05) is 18.9 Å². The minimum absolute atomic E-state index is 0.0198. The summed E-state index contributed by atoms with van der Waals surface area (Å²) in [4.78, 5) is 29.0. The molecular formula is C26H23FN4O2. The van der Waals surface area contributed by atoms with Crippen LogP contribution in [0.15, 0.2) is 72.9 Å². The molecule has 4 aromatic rings. The molecule has 0 fully saturated rings. The lowest BCUT2D eigenvalue weighted by Gasteiger charge is -2.15. The van der Waals surface area contributed by atoms with Crippen LogP contribution < -0.4 is 16.0 Å². The molecule has 6 nitrogen and oxygen atoms in total. The third kappa shape index (κ3) is 4.52. The second kappa shape index (κ2) is 9.48. The van der Waals surface area contributed by atoms with E-state index in [2.05, 4.69) is 20.9 Å². The number of aromatic nitrogens is 1. The number of halogens is 1. The second-order valence-electron chi connectivity index (χ2n) is 7.40. The van der Waals surface area contributed by atoms with E-state index in [1.165, 1.54) is 19.2 Å². The van der Waals surface area contributed by atoms with Gasteiger partial charge in [0.25, 0.3) is 11.8 Å². The molecule has 33 heavy (non-hydrogen) atoms. The minimum atomic E-state index is -0.608. The zero-order valence-electron chi connectivity index (χ0n) is 18.3. The lowest BCUT2D eigenvalue weighted by atomic mass is 9.99. The van der Waals surface area contributed by atoms with Crippen LogP contribution in [0.5, 0.6) is 0 Å². The van der Waals surface area contributed by atoms with Gasteiger partial charge >= 0.3 is 0 Å². The Kier molecular flexibility index (Phi) is 6.31. The van der Waals surface area contributed by atoms with Gasteiger partial charge in [0.15, 0.2) is 0 Å². The number of fused-ring (bicyclic) bond motifs is 1. The molecule has 0 atom stereocenters. The normalized spacial score (nSPS) is 10.6. The lowest BCUT2D eigenvalue weighted by Crippen LogP contribution is -2.23. The number of carbonyl (C=O) groups excluding carboxylic acids is 2. The van der Waals surface area contributed by atoms with Gasteiger partial charge in [-0.2, -0.15) is 0 Å². The number of nitrogens with zero attached hydrogens (tertiary/aromatic N) is 1. The fraction of sp³-hybridized carbons (Fsp3) is 0.115. The fourth-order valence-corrected chi connectivity index (χ4v) is 3.61. The van der Waals surface area contributed by atoms with Crippen molar-refractivity contribution in [3.8, 4) is 11.1 Å². The van der Waals surface area contributed by atoms with Crippen molar-refractivity contribution in [3.05, 3.63) is 89.9 Å². The Hall–Kier alpha value is -4.26. The predicted molar refractivity (Wildman–Crippen MR) is 128 cm³/mol. The van der Waals surface area contributed by atoms with Crippen LogP contribution >= 0.6 is 0 Å². The van der Waals surface area contributed by atoms with Gasteiger partial charge in [0.1, 0.15) is 5.82 Å². The first-order valence-corrected chi connectivity index (χ1v) is 10.6. The van der Waals surface area contributed by atoms with E-state index in [0.717, 1.165) is 16.6 Å². The molecule has 166 valence electrons. The van der Waals surface area contributed by atoms with Crippen LogP contribution in [0.25, 0.3) is 22.0 Å². The van der Waals surface area contributed by atoms with Crippen molar-refractivity contribution in [1.29, 1.82) is 0 Å². The molecule has 1 heterocycles. The Morgan fingerprint density at radius 2 is 1.64 bits per heavy atom. The van der Waals surface area contributed by atoms with Crippen LogP contribution in [0, 0.1) is 5.82 Å². The van der Waals surface area contributed by atoms with Gasteiger partial charge in [0, 0.05) is 30.9 Å². The maximum atomic E-state index is 14.6. The predicted octanol–water partition coefficient (Wildman–Crippen LogP) is 4.89. The first kappa shape index (κ1) is 22.0. The average molecular weight is 442 g/mol. The maximum Gasteiger partial charge on any atom is 0.254 e. The smallest absolute Gasteiger partial charge is 0.254 e. The minimum Gasteiger partial charge on any atom is -0.355 e. The lowest BCUT2D eigenvalue weighted by molar-refractivity contribution is 0.0949. The number of amides is 2. The quantitative estimate of drug-likeness (QED) is 0.397. The molecule has 0 saturated heterocycles. The van der Waals surface area contributed by atoms with E-state index >= 15 is 0 Å². The van der Waals surface area contributed by atoms with E-state index in [-0.39, 0.29) is 11.5 Å². The third-order valence-electron chi connectivity index (χ3n) is 5.27. The highest BCUT2D eigenvalue weighted by molar-refractivity contribution is 6.08. The summed E-state index contributed by atoms with van der Waals surface area (Å²) >= 11 is 0. The number of benzene rings is 3. The van der Waals surface area contributed by atoms with Crippen molar-refractivity contribution in [1.82, 2.24) is 15.6 Å². The summed E-state index contributed by atoms with van der Waals surface area (Å²) in [6, 6.07) is 19.5. The van der Waals surface area contributed by atoms with Gasteiger partial charge in [-0.05, 0) is 54.4 Å². The summed E-state index contributed by atoms with van der Waals surface area (Å²) in [6.07, 6.45) is 1.55. The highest BCUT2D eigenvalue weighted by Crippen LogP contribution is 2.33. The zero-order valence-corrected chi connectivity index (χ0v) is 18.3. The molecule has 0 unspecified atom stereocenters. The number of para-hydroxylation sites is 1. The second-order valence-corrected chi connectivity index (χ2v) is 7.40. The molecule has 0 aliphatic rings. The Labute approximate surface area is 190 Å².